The molecule has 0 unspecified atom stereocenters. The first-order valence-corrected chi connectivity index (χ1v) is 7.34. The van der Waals surface area contributed by atoms with E-state index in [2.05, 4.69) is 20.9 Å². The quantitative estimate of drug-likeness (QED) is 0.934. The first-order valence-electron chi connectivity index (χ1n) is 6.61. The predicted molar refractivity (Wildman–Crippen MR) is 84.8 cm³/mol. The van der Waals surface area contributed by atoms with E-state index in [1.165, 1.54) is 11.8 Å². The Hall–Kier alpha value is -1.50. The molecule has 0 radical (unpaired) electrons. The lowest BCUT2D eigenvalue weighted by Gasteiger charge is -2.16. The third kappa shape index (κ3) is 3.23. The van der Waals surface area contributed by atoms with Gasteiger partial charge in [0.05, 0.1) is 17.9 Å². The number of benzene rings is 1. The molecule has 1 saturated heterocycles. The molecule has 1 aliphatic rings. The summed E-state index contributed by atoms with van der Waals surface area (Å²) in [7, 11) is 0. The summed E-state index contributed by atoms with van der Waals surface area (Å²) in [6.45, 7) is 1.97. The lowest BCUT2D eigenvalue weighted by molar-refractivity contribution is 0.0781. The number of halogens is 1. The molecule has 2 heterocycles. The zero-order chi connectivity index (χ0) is 13.9. The van der Waals surface area contributed by atoms with Gasteiger partial charge in [-0.05, 0) is 18.0 Å². The Labute approximate surface area is 133 Å². The average molecular weight is 325 g/mol. The van der Waals surface area contributed by atoms with Crippen LogP contribution in [0.2, 0.25) is 0 Å². The van der Waals surface area contributed by atoms with Gasteiger partial charge in [0.1, 0.15) is 0 Å². The third-order valence-corrected chi connectivity index (χ3v) is 4.32. The van der Waals surface area contributed by atoms with Crippen molar-refractivity contribution >= 4 is 30.0 Å². The molecule has 2 aromatic rings. The van der Waals surface area contributed by atoms with Crippen LogP contribution in [0.15, 0.2) is 36.5 Å². The van der Waals surface area contributed by atoms with E-state index in [9.17, 15) is 4.79 Å². The number of nitrogens with two attached hydrogens (primary N) is 1. The molecule has 1 aliphatic heterocycles. The highest BCUT2D eigenvalue weighted by atomic mass is 35.5. The topological polar surface area (TPSA) is 72.1 Å². The zero-order valence-corrected chi connectivity index (χ0v) is 13.0. The van der Waals surface area contributed by atoms with Gasteiger partial charge in [-0.1, -0.05) is 30.3 Å². The van der Waals surface area contributed by atoms with Gasteiger partial charge < -0.3 is 10.6 Å². The van der Waals surface area contributed by atoms with E-state index in [4.69, 9.17) is 5.73 Å². The van der Waals surface area contributed by atoms with Crippen LogP contribution in [0.1, 0.15) is 22.0 Å². The van der Waals surface area contributed by atoms with Crippen LogP contribution in [0.25, 0.3) is 0 Å². The second-order valence-corrected chi connectivity index (χ2v) is 5.57. The Morgan fingerprint density at radius 1 is 1.33 bits per heavy atom. The molecule has 0 bridgehead atoms. The van der Waals surface area contributed by atoms with Crippen molar-refractivity contribution in [2.24, 2.45) is 11.7 Å². The molecule has 0 aliphatic carbocycles. The minimum atomic E-state index is -0.0457. The van der Waals surface area contributed by atoms with Crippen LogP contribution in [0.4, 0.5) is 0 Å². The fourth-order valence-corrected chi connectivity index (χ4v) is 3.18. The Kier molecular flexibility index (Phi) is 5.27. The first kappa shape index (κ1) is 15.9. The second-order valence-electron chi connectivity index (χ2n) is 5.02. The smallest absolute Gasteiger partial charge is 0.275 e. The summed E-state index contributed by atoms with van der Waals surface area (Å²) in [6, 6.07) is 10.3. The zero-order valence-electron chi connectivity index (χ0n) is 11.4. The highest BCUT2D eigenvalue weighted by Crippen LogP contribution is 2.32. The Balaban J connectivity index is 0.00000161. The standard InChI is InChI=1S/C14H16N4OS.ClH/c15-6-11-8-18(14(19)13-7-16-20-17-13)9-12(11)10-4-2-1-3-5-10;/h1-5,7,11-12H,6,8-9,15H2;1H/t11-,12+;/m1./s1. The number of rotatable bonds is 3. The van der Waals surface area contributed by atoms with Crippen LogP contribution in [-0.2, 0) is 0 Å². The van der Waals surface area contributed by atoms with Gasteiger partial charge in [-0.2, -0.15) is 8.75 Å². The minimum absolute atomic E-state index is 0. The average Bonchev–Trinajstić information content (AvgIpc) is 3.17. The minimum Gasteiger partial charge on any atom is -0.336 e. The molecule has 7 heteroatoms. The number of hydrogen-bond acceptors (Lipinski definition) is 5. The number of likely N-dealkylation sites (tertiary alicyclic amines) is 1. The molecular weight excluding hydrogens is 308 g/mol. The van der Waals surface area contributed by atoms with E-state index < -0.39 is 0 Å². The van der Waals surface area contributed by atoms with E-state index >= 15 is 0 Å². The lowest BCUT2D eigenvalue weighted by atomic mass is 9.89. The monoisotopic (exact) mass is 324 g/mol. The molecule has 112 valence electrons. The van der Waals surface area contributed by atoms with Gasteiger partial charge >= 0.3 is 0 Å². The fourth-order valence-electron chi connectivity index (χ4n) is 2.77. The molecule has 0 saturated carbocycles. The number of carbonyl (C=O) groups is 1. The molecule has 1 aromatic carbocycles. The van der Waals surface area contributed by atoms with Crippen LogP contribution < -0.4 is 5.73 Å². The molecule has 1 aromatic heterocycles. The normalized spacial score (nSPS) is 21.1. The van der Waals surface area contributed by atoms with Crippen LogP contribution in [-0.4, -0.2) is 39.2 Å². The van der Waals surface area contributed by atoms with Gasteiger partial charge in [0.15, 0.2) is 5.69 Å². The van der Waals surface area contributed by atoms with E-state index in [1.54, 1.807) is 0 Å². The predicted octanol–water partition coefficient (Wildman–Crippen LogP) is 1.77. The van der Waals surface area contributed by atoms with E-state index in [0.717, 1.165) is 11.7 Å². The lowest BCUT2D eigenvalue weighted by Crippen LogP contribution is -2.30. The van der Waals surface area contributed by atoms with Crippen molar-refractivity contribution in [2.45, 2.75) is 5.92 Å². The Morgan fingerprint density at radius 3 is 2.71 bits per heavy atom. The third-order valence-electron chi connectivity index (χ3n) is 3.84. The van der Waals surface area contributed by atoms with Crippen molar-refractivity contribution in [3.63, 3.8) is 0 Å². The van der Waals surface area contributed by atoms with E-state index in [-0.39, 0.29) is 18.3 Å². The van der Waals surface area contributed by atoms with Crippen molar-refractivity contribution in [3.8, 4) is 0 Å². The first-order chi connectivity index (χ1) is 9.79. The number of nitrogens with zero attached hydrogens (tertiary/aromatic N) is 3. The molecule has 0 spiro atoms. The van der Waals surface area contributed by atoms with Gasteiger partial charge in [0.25, 0.3) is 5.91 Å². The summed E-state index contributed by atoms with van der Waals surface area (Å²) in [6.07, 6.45) is 1.53. The fraction of sp³-hybridized carbons (Fsp3) is 0.357. The Bertz CT molecular complexity index is 578. The number of amides is 1. The van der Waals surface area contributed by atoms with E-state index in [1.807, 2.05) is 23.1 Å². The summed E-state index contributed by atoms with van der Waals surface area (Å²) in [5.41, 5.74) is 7.55. The number of hydrogen-bond donors (Lipinski definition) is 1. The maximum Gasteiger partial charge on any atom is 0.275 e. The molecule has 21 heavy (non-hydrogen) atoms. The molecule has 2 atom stereocenters. The van der Waals surface area contributed by atoms with Crippen LogP contribution >= 0.6 is 24.1 Å². The second kappa shape index (κ2) is 6.98. The summed E-state index contributed by atoms with van der Waals surface area (Å²) < 4.78 is 7.91. The Morgan fingerprint density at radius 2 is 2.10 bits per heavy atom. The van der Waals surface area contributed by atoms with Gasteiger partial charge in [-0.25, -0.2) is 0 Å². The van der Waals surface area contributed by atoms with Gasteiger partial charge in [0, 0.05) is 19.0 Å². The van der Waals surface area contributed by atoms with E-state index in [0.29, 0.717) is 37.2 Å². The van der Waals surface area contributed by atoms with Gasteiger partial charge in [0.2, 0.25) is 0 Å². The summed E-state index contributed by atoms with van der Waals surface area (Å²) in [5, 5.41) is 0. The summed E-state index contributed by atoms with van der Waals surface area (Å²) in [4.78, 5) is 14.2. The molecule has 1 amide bonds. The van der Waals surface area contributed by atoms with Gasteiger partial charge in [-0.3, -0.25) is 4.79 Å². The van der Waals surface area contributed by atoms with Crippen LogP contribution in [0, 0.1) is 5.92 Å². The summed E-state index contributed by atoms with van der Waals surface area (Å²) in [5.74, 6) is 0.556. The SMILES string of the molecule is Cl.NC[C@@H]1CN(C(=O)c2cnsn2)C[C@H]1c1ccccc1. The highest BCUT2D eigenvalue weighted by Gasteiger charge is 2.36. The number of aromatic nitrogens is 2. The number of carbonyl (C=O) groups excluding carboxylic acids is 1. The van der Waals surface area contributed by atoms with Crippen molar-refractivity contribution in [3.05, 3.63) is 47.8 Å². The van der Waals surface area contributed by atoms with Crippen molar-refractivity contribution < 1.29 is 4.79 Å². The maximum absolute atomic E-state index is 12.3. The van der Waals surface area contributed by atoms with Crippen molar-refractivity contribution in [1.82, 2.24) is 13.6 Å². The largest absolute Gasteiger partial charge is 0.336 e. The summed E-state index contributed by atoms with van der Waals surface area (Å²) >= 11 is 1.06. The van der Waals surface area contributed by atoms with Gasteiger partial charge in [-0.15, -0.1) is 12.4 Å². The van der Waals surface area contributed by atoms with Crippen LogP contribution in [0.3, 0.4) is 0 Å². The molecule has 5 nitrogen and oxygen atoms in total. The maximum atomic E-state index is 12.3. The molecule has 2 N–H and O–H groups in total. The molecular formula is C14H17ClN4OS. The van der Waals surface area contributed by atoms with Crippen LogP contribution in [0.5, 0.6) is 0 Å². The van der Waals surface area contributed by atoms with Crippen molar-refractivity contribution in [1.29, 1.82) is 0 Å². The molecule has 3 rings (SSSR count). The van der Waals surface area contributed by atoms with Crippen molar-refractivity contribution in [2.75, 3.05) is 19.6 Å². The molecule has 1 fully saturated rings. The highest BCUT2D eigenvalue weighted by molar-refractivity contribution is 6.99.